The third-order valence-electron chi connectivity index (χ3n) is 6.45. The maximum Gasteiger partial charge on any atom is 0.257 e. The van der Waals surface area contributed by atoms with Crippen molar-refractivity contribution in [3.05, 3.63) is 57.9 Å². The van der Waals surface area contributed by atoms with Crippen LogP contribution < -0.4 is 16.1 Å². The molecule has 178 valence electrons. The highest BCUT2D eigenvalue weighted by molar-refractivity contribution is 5.99. The molecular weight excluding hydrogens is 422 g/mol. The predicted molar refractivity (Wildman–Crippen MR) is 123 cm³/mol. The van der Waals surface area contributed by atoms with E-state index in [1.807, 2.05) is 0 Å². The molecule has 2 N–H and O–H groups in total. The molecule has 0 bridgehead atoms. The predicted octanol–water partition coefficient (Wildman–Crippen LogP) is 3.39. The summed E-state index contributed by atoms with van der Waals surface area (Å²) in [6, 6.07) is 3.53. The van der Waals surface area contributed by atoms with Gasteiger partial charge in [0, 0.05) is 31.6 Å². The minimum atomic E-state index is -0.557. The number of nitrogens with zero attached hydrogens (tertiary/aromatic N) is 1. The summed E-state index contributed by atoms with van der Waals surface area (Å²) in [7, 11) is 0. The van der Waals surface area contributed by atoms with Crippen LogP contribution in [0.2, 0.25) is 0 Å². The summed E-state index contributed by atoms with van der Waals surface area (Å²) in [5, 5.41) is 5.77. The molecule has 0 radical (unpaired) electrons. The maximum absolute atomic E-state index is 13.2. The second-order valence-corrected chi connectivity index (χ2v) is 9.02. The van der Waals surface area contributed by atoms with Gasteiger partial charge in [-0.3, -0.25) is 14.4 Å². The number of ether oxygens (including phenoxy) is 1. The molecular formula is C25H33N3O5. The van der Waals surface area contributed by atoms with Crippen LogP contribution in [-0.4, -0.2) is 35.1 Å². The van der Waals surface area contributed by atoms with Gasteiger partial charge in [0.2, 0.25) is 5.43 Å². The average molecular weight is 456 g/mol. The number of carbonyl (C=O) groups excluding carboxylic acids is 2. The molecule has 8 nitrogen and oxygen atoms in total. The van der Waals surface area contributed by atoms with Gasteiger partial charge in [0.1, 0.15) is 16.9 Å². The van der Waals surface area contributed by atoms with Crippen LogP contribution in [0.4, 0.5) is 0 Å². The smallest absolute Gasteiger partial charge is 0.257 e. The van der Waals surface area contributed by atoms with Gasteiger partial charge in [-0.15, -0.1) is 0 Å². The van der Waals surface area contributed by atoms with E-state index in [-0.39, 0.29) is 29.8 Å². The van der Waals surface area contributed by atoms with Gasteiger partial charge in [0.15, 0.2) is 0 Å². The number of hydrogen-bond acceptors (Lipinski definition) is 5. The molecule has 1 unspecified atom stereocenters. The fourth-order valence-corrected chi connectivity index (χ4v) is 4.62. The molecule has 1 atom stereocenters. The second-order valence-electron chi connectivity index (χ2n) is 9.02. The molecule has 2 aliphatic rings. The lowest BCUT2D eigenvalue weighted by Crippen LogP contribution is -2.40. The molecule has 3 heterocycles. The van der Waals surface area contributed by atoms with Crippen LogP contribution in [-0.2, 0) is 17.8 Å². The Kier molecular flexibility index (Phi) is 7.99. The molecule has 2 aromatic rings. The van der Waals surface area contributed by atoms with Crippen molar-refractivity contribution in [2.24, 2.45) is 0 Å². The highest BCUT2D eigenvalue weighted by atomic mass is 16.5. The normalized spacial score (nSPS) is 19.6. The first-order valence-electron chi connectivity index (χ1n) is 12.1. The molecule has 0 aromatic carbocycles. The Morgan fingerprint density at radius 3 is 2.36 bits per heavy atom. The zero-order chi connectivity index (χ0) is 23.0. The van der Waals surface area contributed by atoms with Crippen molar-refractivity contribution >= 4 is 11.8 Å². The van der Waals surface area contributed by atoms with Crippen molar-refractivity contribution < 1.29 is 18.7 Å². The van der Waals surface area contributed by atoms with Gasteiger partial charge in [-0.25, -0.2) is 0 Å². The molecule has 1 aliphatic heterocycles. The van der Waals surface area contributed by atoms with Gasteiger partial charge in [-0.2, -0.15) is 0 Å². The van der Waals surface area contributed by atoms with Gasteiger partial charge in [-0.1, -0.05) is 32.1 Å². The van der Waals surface area contributed by atoms with E-state index in [9.17, 15) is 14.4 Å². The van der Waals surface area contributed by atoms with Gasteiger partial charge >= 0.3 is 0 Å². The van der Waals surface area contributed by atoms with Crippen molar-refractivity contribution in [1.82, 2.24) is 15.2 Å². The minimum Gasteiger partial charge on any atom is -0.467 e. The van der Waals surface area contributed by atoms with Crippen LogP contribution in [0.5, 0.6) is 0 Å². The summed E-state index contributed by atoms with van der Waals surface area (Å²) in [4.78, 5) is 39.2. The van der Waals surface area contributed by atoms with E-state index in [0.717, 1.165) is 38.5 Å². The van der Waals surface area contributed by atoms with Crippen LogP contribution in [0.3, 0.4) is 0 Å². The summed E-state index contributed by atoms with van der Waals surface area (Å²) in [5.41, 5.74) is -0.607. The lowest BCUT2D eigenvalue weighted by Gasteiger charge is -2.21. The molecule has 8 heteroatoms. The highest BCUT2D eigenvalue weighted by Crippen LogP contribution is 2.18. The molecule has 33 heavy (non-hydrogen) atoms. The second kappa shape index (κ2) is 11.3. The minimum absolute atomic E-state index is 0.000653. The number of carbonyl (C=O) groups is 2. The van der Waals surface area contributed by atoms with Crippen molar-refractivity contribution in [3.63, 3.8) is 0 Å². The lowest BCUT2D eigenvalue weighted by atomic mass is 9.96. The first kappa shape index (κ1) is 23.3. The van der Waals surface area contributed by atoms with Crippen LogP contribution in [0, 0.1) is 0 Å². The largest absolute Gasteiger partial charge is 0.467 e. The zero-order valence-corrected chi connectivity index (χ0v) is 19.0. The Hall–Kier alpha value is -2.87. The standard InChI is InChI=1S/C25H33N3O5/c29-23-21(24(30)26-14-19-10-6-12-32-19)16-28(15-20-11-7-13-33-20)17-22(23)25(31)27-18-8-4-2-1-3-5-9-18/h6,10,12,16-18,20H,1-5,7-9,11,13-15H2,(H,26,30)(H,27,31). The number of furan rings is 1. The van der Waals surface area contributed by atoms with E-state index in [4.69, 9.17) is 9.15 Å². The summed E-state index contributed by atoms with van der Waals surface area (Å²) >= 11 is 0. The maximum atomic E-state index is 13.2. The molecule has 2 fully saturated rings. The van der Waals surface area contributed by atoms with Crippen molar-refractivity contribution in [3.8, 4) is 0 Å². The third kappa shape index (κ3) is 6.35. The van der Waals surface area contributed by atoms with Gasteiger partial charge in [-0.05, 0) is 37.8 Å². The van der Waals surface area contributed by atoms with Crippen LogP contribution in [0.25, 0.3) is 0 Å². The van der Waals surface area contributed by atoms with Gasteiger partial charge in [0.05, 0.1) is 18.9 Å². The first-order valence-corrected chi connectivity index (χ1v) is 12.1. The molecule has 2 amide bonds. The van der Waals surface area contributed by atoms with Gasteiger partial charge in [0.25, 0.3) is 11.8 Å². The fraction of sp³-hybridized carbons (Fsp3) is 0.560. The Balaban J connectivity index is 1.55. The molecule has 4 rings (SSSR count). The average Bonchev–Trinajstić information content (AvgIpc) is 3.49. The van der Waals surface area contributed by atoms with Crippen LogP contribution in [0.1, 0.15) is 84.3 Å². The molecule has 1 aliphatic carbocycles. The van der Waals surface area contributed by atoms with E-state index < -0.39 is 17.2 Å². The summed E-state index contributed by atoms with van der Waals surface area (Å²) < 4.78 is 12.7. The Bertz CT molecular complexity index is 984. The number of rotatable bonds is 7. The Labute approximate surface area is 193 Å². The van der Waals surface area contributed by atoms with E-state index >= 15 is 0 Å². The van der Waals surface area contributed by atoms with Crippen molar-refractivity contribution in [2.45, 2.75) is 83.0 Å². The number of pyridine rings is 1. The molecule has 2 aromatic heterocycles. The summed E-state index contributed by atoms with van der Waals surface area (Å²) in [6.45, 7) is 1.36. The van der Waals surface area contributed by atoms with Crippen molar-refractivity contribution in [2.75, 3.05) is 6.61 Å². The number of nitrogens with one attached hydrogen (secondary N) is 2. The van der Waals surface area contributed by atoms with Crippen molar-refractivity contribution in [1.29, 1.82) is 0 Å². The van der Waals surface area contributed by atoms with E-state index in [2.05, 4.69) is 10.6 Å². The number of amides is 2. The summed E-state index contributed by atoms with van der Waals surface area (Å²) in [5.74, 6) is -0.355. The van der Waals surface area contributed by atoms with E-state index in [1.165, 1.54) is 31.7 Å². The molecule has 0 spiro atoms. The summed E-state index contributed by atoms with van der Waals surface area (Å²) in [6.07, 6.45) is 14.1. The SMILES string of the molecule is O=C(NCc1ccco1)c1cn(CC2CCCO2)cc(C(=O)NC2CCCCCCC2)c1=O. The number of hydrogen-bond donors (Lipinski definition) is 2. The Morgan fingerprint density at radius 2 is 1.70 bits per heavy atom. The quantitative estimate of drug-likeness (QED) is 0.666. The fourth-order valence-electron chi connectivity index (χ4n) is 4.62. The van der Waals surface area contributed by atoms with E-state index in [1.54, 1.807) is 22.9 Å². The van der Waals surface area contributed by atoms with Crippen LogP contribution in [0.15, 0.2) is 40.0 Å². The van der Waals surface area contributed by atoms with Gasteiger partial charge < -0.3 is 24.4 Å². The third-order valence-corrected chi connectivity index (χ3v) is 6.45. The lowest BCUT2D eigenvalue weighted by molar-refractivity contribution is 0.0913. The number of aromatic nitrogens is 1. The monoisotopic (exact) mass is 455 g/mol. The highest BCUT2D eigenvalue weighted by Gasteiger charge is 2.23. The Morgan fingerprint density at radius 1 is 0.970 bits per heavy atom. The first-order chi connectivity index (χ1) is 16.1. The van der Waals surface area contributed by atoms with E-state index in [0.29, 0.717) is 18.9 Å². The zero-order valence-electron chi connectivity index (χ0n) is 19.0. The molecule has 1 saturated carbocycles. The topological polar surface area (TPSA) is 103 Å². The molecule has 1 saturated heterocycles. The van der Waals surface area contributed by atoms with Crippen LogP contribution >= 0.6 is 0 Å².